The summed E-state index contributed by atoms with van der Waals surface area (Å²) in [5.74, 6) is -2.66. The average molecular weight is 356 g/mol. The summed E-state index contributed by atoms with van der Waals surface area (Å²) < 4.78 is 30.3. The van der Waals surface area contributed by atoms with Crippen LogP contribution in [0.3, 0.4) is 0 Å². The molecule has 1 aromatic carbocycles. The Labute approximate surface area is 138 Å². The van der Waals surface area contributed by atoms with Gasteiger partial charge in [-0.25, -0.2) is 12.7 Å². The summed E-state index contributed by atoms with van der Waals surface area (Å²) in [6.07, 6.45) is 0. The van der Waals surface area contributed by atoms with E-state index in [-0.39, 0.29) is 29.2 Å². The largest absolute Gasteiger partial charge is 0.480 e. The SMILES string of the molecule is COCCN1C(=O)c2ccc(C(=O)NC(C)C(=O)O)cc2S1(=O)=O. The van der Waals surface area contributed by atoms with Crippen molar-refractivity contribution in [3.05, 3.63) is 29.3 Å². The fourth-order valence-corrected chi connectivity index (χ4v) is 3.73. The standard InChI is InChI=1S/C14H16N2O7S/c1-8(14(19)20)15-12(17)9-3-4-10-11(7-9)24(21,22)16(13(10)18)5-6-23-2/h3-4,7-8H,5-6H2,1-2H3,(H,15,17)(H,19,20). The number of sulfonamides is 1. The molecular formula is C14H16N2O7S. The zero-order valence-corrected chi connectivity index (χ0v) is 13.8. The maximum Gasteiger partial charge on any atom is 0.325 e. The molecule has 1 heterocycles. The molecule has 1 atom stereocenters. The number of carbonyl (C=O) groups excluding carboxylic acids is 2. The highest BCUT2D eigenvalue weighted by Crippen LogP contribution is 2.30. The third kappa shape index (κ3) is 3.10. The van der Waals surface area contributed by atoms with Gasteiger partial charge in [-0.1, -0.05) is 0 Å². The summed E-state index contributed by atoms with van der Waals surface area (Å²) in [6.45, 7) is 1.19. The highest BCUT2D eigenvalue weighted by atomic mass is 32.2. The molecule has 0 saturated heterocycles. The van der Waals surface area contributed by atoms with Crippen LogP contribution in [0.5, 0.6) is 0 Å². The molecule has 0 radical (unpaired) electrons. The van der Waals surface area contributed by atoms with Gasteiger partial charge in [0.1, 0.15) is 10.9 Å². The third-order valence-corrected chi connectivity index (χ3v) is 5.31. The van der Waals surface area contributed by atoms with E-state index in [0.29, 0.717) is 4.31 Å². The van der Waals surface area contributed by atoms with E-state index in [2.05, 4.69) is 5.32 Å². The number of ether oxygens (including phenoxy) is 1. The number of hydrogen-bond acceptors (Lipinski definition) is 6. The first-order chi connectivity index (χ1) is 11.2. The molecule has 1 aliphatic rings. The Hall–Kier alpha value is -2.46. The smallest absolute Gasteiger partial charge is 0.325 e. The lowest BCUT2D eigenvalue weighted by Crippen LogP contribution is -2.38. The summed E-state index contributed by atoms with van der Waals surface area (Å²) >= 11 is 0. The molecule has 2 amide bonds. The summed E-state index contributed by atoms with van der Waals surface area (Å²) in [5.41, 5.74) is -0.0826. The minimum atomic E-state index is -4.06. The van der Waals surface area contributed by atoms with Gasteiger partial charge in [-0.2, -0.15) is 0 Å². The molecule has 0 bridgehead atoms. The minimum absolute atomic E-state index is 0.0334. The molecule has 0 aromatic heterocycles. The fraction of sp³-hybridized carbons (Fsp3) is 0.357. The van der Waals surface area contributed by atoms with Gasteiger partial charge >= 0.3 is 5.97 Å². The van der Waals surface area contributed by atoms with E-state index in [1.165, 1.54) is 26.2 Å². The number of aliphatic carboxylic acids is 1. The number of carboxylic acids is 1. The zero-order valence-electron chi connectivity index (χ0n) is 13.0. The number of rotatable bonds is 6. The molecule has 1 aliphatic heterocycles. The van der Waals surface area contributed by atoms with E-state index in [9.17, 15) is 22.8 Å². The Kier molecular flexibility index (Phi) is 4.90. The molecule has 130 valence electrons. The van der Waals surface area contributed by atoms with Gasteiger partial charge in [0.15, 0.2) is 0 Å². The Balaban J connectivity index is 2.35. The van der Waals surface area contributed by atoms with Crippen molar-refractivity contribution in [3.8, 4) is 0 Å². The Morgan fingerprint density at radius 2 is 2.04 bits per heavy atom. The van der Waals surface area contributed by atoms with Crippen LogP contribution in [0.1, 0.15) is 27.6 Å². The van der Waals surface area contributed by atoms with Crippen LogP contribution >= 0.6 is 0 Å². The number of carbonyl (C=O) groups is 3. The molecule has 0 aliphatic carbocycles. The molecule has 1 aromatic rings. The van der Waals surface area contributed by atoms with Gasteiger partial charge in [0.2, 0.25) is 0 Å². The van der Waals surface area contributed by atoms with Crippen molar-refractivity contribution in [2.75, 3.05) is 20.3 Å². The van der Waals surface area contributed by atoms with Gasteiger partial charge in [0, 0.05) is 12.7 Å². The molecule has 24 heavy (non-hydrogen) atoms. The van der Waals surface area contributed by atoms with Crippen LogP contribution in [0.15, 0.2) is 23.1 Å². The number of nitrogens with zero attached hydrogens (tertiary/aromatic N) is 1. The Morgan fingerprint density at radius 3 is 2.62 bits per heavy atom. The number of amides is 2. The summed E-state index contributed by atoms with van der Waals surface area (Å²) in [7, 11) is -2.68. The van der Waals surface area contributed by atoms with Crippen LogP contribution in [0, 0.1) is 0 Å². The molecule has 2 N–H and O–H groups in total. The van der Waals surface area contributed by atoms with Gasteiger partial charge in [0.05, 0.1) is 18.7 Å². The minimum Gasteiger partial charge on any atom is -0.480 e. The van der Waals surface area contributed by atoms with Crippen LogP contribution in [-0.4, -0.2) is 61.9 Å². The Bertz CT molecular complexity index is 803. The maximum absolute atomic E-state index is 12.4. The van der Waals surface area contributed by atoms with Crippen LogP contribution in [0.2, 0.25) is 0 Å². The second kappa shape index (κ2) is 6.57. The second-order valence-electron chi connectivity index (χ2n) is 5.12. The predicted molar refractivity (Wildman–Crippen MR) is 81.1 cm³/mol. The van der Waals surface area contributed by atoms with E-state index >= 15 is 0 Å². The van der Waals surface area contributed by atoms with Gasteiger partial charge < -0.3 is 15.2 Å². The normalized spacial score (nSPS) is 16.6. The van der Waals surface area contributed by atoms with Gasteiger partial charge in [0.25, 0.3) is 21.8 Å². The van der Waals surface area contributed by atoms with Crippen molar-refractivity contribution in [1.29, 1.82) is 0 Å². The van der Waals surface area contributed by atoms with Crippen molar-refractivity contribution >= 4 is 27.8 Å². The topological polar surface area (TPSA) is 130 Å². The molecule has 9 nitrogen and oxygen atoms in total. The predicted octanol–water partition coefficient (Wildman–Crippen LogP) is -0.320. The highest BCUT2D eigenvalue weighted by molar-refractivity contribution is 7.90. The lowest BCUT2D eigenvalue weighted by Gasteiger charge is -2.13. The number of nitrogens with one attached hydrogen (secondary N) is 1. The van der Waals surface area contributed by atoms with Crippen molar-refractivity contribution in [2.24, 2.45) is 0 Å². The number of methoxy groups -OCH3 is 1. The zero-order chi connectivity index (χ0) is 18.1. The van der Waals surface area contributed by atoms with Crippen LogP contribution in [-0.2, 0) is 19.6 Å². The third-order valence-electron chi connectivity index (χ3n) is 3.49. The van der Waals surface area contributed by atoms with Crippen molar-refractivity contribution in [1.82, 2.24) is 9.62 Å². The van der Waals surface area contributed by atoms with E-state index in [0.717, 1.165) is 6.07 Å². The number of hydrogen-bond donors (Lipinski definition) is 2. The van der Waals surface area contributed by atoms with E-state index < -0.39 is 33.8 Å². The van der Waals surface area contributed by atoms with Gasteiger partial charge in [-0.15, -0.1) is 0 Å². The molecule has 10 heteroatoms. The first-order valence-corrected chi connectivity index (χ1v) is 8.38. The van der Waals surface area contributed by atoms with Gasteiger partial charge in [-0.3, -0.25) is 14.4 Å². The maximum atomic E-state index is 12.4. The quantitative estimate of drug-likeness (QED) is 0.714. The first kappa shape index (κ1) is 17.9. The number of carboxylic acid groups (broad SMARTS) is 1. The molecule has 0 saturated carbocycles. The van der Waals surface area contributed by atoms with E-state index in [4.69, 9.17) is 9.84 Å². The van der Waals surface area contributed by atoms with Crippen molar-refractivity contribution in [3.63, 3.8) is 0 Å². The first-order valence-electron chi connectivity index (χ1n) is 6.94. The fourth-order valence-electron chi connectivity index (χ4n) is 2.15. The molecule has 0 fully saturated rings. The molecular weight excluding hydrogens is 340 g/mol. The summed E-state index contributed by atoms with van der Waals surface area (Å²) in [5, 5.41) is 11.0. The van der Waals surface area contributed by atoms with Crippen LogP contribution in [0.4, 0.5) is 0 Å². The average Bonchev–Trinajstić information content (AvgIpc) is 2.71. The molecule has 2 rings (SSSR count). The van der Waals surface area contributed by atoms with Crippen LogP contribution < -0.4 is 5.32 Å². The number of fused-ring (bicyclic) bond motifs is 1. The summed E-state index contributed by atoms with van der Waals surface area (Å²) in [6, 6.07) is 2.44. The highest BCUT2D eigenvalue weighted by Gasteiger charge is 2.41. The van der Waals surface area contributed by atoms with Crippen molar-refractivity contribution < 1.29 is 32.6 Å². The Morgan fingerprint density at radius 1 is 1.38 bits per heavy atom. The van der Waals surface area contributed by atoms with Crippen molar-refractivity contribution in [2.45, 2.75) is 17.9 Å². The lowest BCUT2D eigenvalue weighted by atomic mass is 10.1. The summed E-state index contributed by atoms with van der Waals surface area (Å²) in [4.78, 5) is 34.7. The van der Waals surface area contributed by atoms with Crippen LogP contribution in [0.25, 0.3) is 0 Å². The van der Waals surface area contributed by atoms with Gasteiger partial charge in [-0.05, 0) is 25.1 Å². The second-order valence-corrected chi connectivity index (χ2v) is 6.95. The molecule has 0 spiro atoms. The van der Waals surface area contributed by atoms with E-state index in [1.54, 1.807) is 0 Å². The lowest BCUT2D eigenvalue weighted by molar-refractivity contribution is -0.138. The monoisotopic (exact) mass is 356 g/mol. The molecule has 1 unspecified atom stereocenters. The number of benzene rings is 1. The van der Waals surface area contributed by atoms with E-state index in [1.807, 2.05) is 0 Å².